The summed E-state index contributed by atoms with van der Waals surface area (Å²) in [4.78, 5) is 24.0. The summed E-state index contributed by atoms with van der Waals surface area (Å²) in [6.07, 6.45) is 1.34. The van der Waals surface area contributed by atoms with Gasteiger partial charge in [-0.25, -0.2) is 9.59 Å². The zero-order valence-electron chi connectivity index (χ0n) is 14.9. The number of benzene rings is 2. The first kappa shape index (κ1) is 20.9. The van der Waals surface area contributed by atoms with Crippen molar-refractivity contribution in [3.63, 3.8) is 0 Å². The number of nitrogens with one attached hydrogen (secondary N) is 4. The molecular weight excluding hydrogens is 387 g/mol. The highest BCUT2D eigenvalue weighted by molar-refractivity contribution is 6.31. The van der Waals surface area contributed by atoms with Gasteiger partial charge in [0.25, 0.3) is 0 Å². The summed E-state index contributed by atoms with van der Waals surface area (Å²) >= 11 is 11.8. The molecule has 1 atom stereocenters. The van der Waals surface area contributed by atoms with Crippen LogP contribution in [0.4, 0.5) is 21.0 Å². The van der Waals surface area contributed by atoms with Crippen LogP contribution < -0.4 is 21.3 Å². The molecule has 4 N–H and O–H groups in total. The average Bonchev–Trinajstić information content (AvgIpc) is 2.60. The highest BCUT2D eigenvalue weighted by atomic mass is 35.5. The minimum atomic E-state index is -0.324. The van der Waals surface area contributed by atoms with Crippen LogP contribution >= 0.6 is 23.2 Å². The number of carbonyl (C=O) groups excluding carboxylic acids is 2. The number of halogens is 2. The van der Waals surface area contributed by atoms with Gasteiger partial charge in [0.1, 0.15) is 0 Å². The maximum Gasteiger partial charge on any atom is 0.319 e. The first-order chi connectivity index (χ1) is 13.0. The predicted octanol–water partition coefficient (Wildman–Crippen LogP) is 5.11. The standard InChI is InChI=1S/C19H22Cl2N4O2/c1-2-15(23-19(27)25-17-8-4-6-14(21)12-17)9-10-22-18(26)24-16-7-3-5-13(20)11-16/h3-8,11-12,15H,2,9-10H2,1H3,(H2,22,24,26)(H2,23,25,27)/t15-/m1/s1. The summed E-state index contributed by atoms with van der Waals surface area (Å²) in [7, 11) is 0. The number of amides is 4. The number of urea groups is 2. The summed E-state index contributed by atoms with van der Waals surface area (Å²) in [5.41, 5.74) is 1.24. The Hall–Kier alpha value is -2.44. The third-order valence-electron chi connectivity index (χ3n) is 3.77. The van der Waals surface area contributed by atoms with E-state index >= 15 is 0 Å². The fraction of sp³-hybridized carbons (Fsp3) is 0.263. The first-order valence-electron chi connectivity index (χ1n) is 8.59. The van der Waals surface area contributed by atoms with Gasteiger partial charge in [0.2, 0.25) is 0 Å². The van der Waals surface area contributed by atoms with E-state index in [1.165, 1.54) is 0 Å². The van der Waals surface area contributed by atoms with Crippen molar-refractivity contribution in [3.05, 3.63) is 58.6 Å². The van der Waals surface area contributed by atoms with Gasteiger partial charge in [-0.15, -0.1) is 0 Å². The zero-order valence-corrected chi connectivity index (χ0v) is 16.4. The number of hydrogen-bond donors (Lipinski definition) is 4. The Labute approximate surface area is 168 Å². The fourth-order valence-corrected chi connectivity index (χ4v) is 2.78. The van der Waals surface area contributed by atoms with Gasteiger partial charge in [-0.1, -0.05) is 42.3 Å². The largest absolute Gasteiger partial charge is 0.338 e. The lowest BCUT2D eigenvalue weighted by Gasteiger charge is -2.18. The van der Waals surface area contributed by atoms with Crippen LogP contribution in [0.25, 0.3) is 0 Å². The Morgan fingerprint density at radius 3 is 2.00 bits per heavy atom. The van der Waals surface area contributed by atoms with Gasteiger partial charge in [-0.3, -0.25) is 0 Å². The van der Waals surface area contributed by atoms with Crippen LogP contribution in [-0.4, -0.2) is 24.6 Å². The maximum atomic E-state index is 12.1. The molecule has 8 heteroatoms. The van der Waals surface area contributed by atoms with Crippen molar-refractivity contribution < 1.29 is 9.59 Å². The molecule has 0 aliphatic rings. The molecule has 0 spiro atoms. The van der Waals surface area contributed by atoms with Gasteiger partial charge in [0.05, 0.1) is 0 Å². The van der Waals surface area contributed by atoms with Crippen LogP contribution in [0.3, 0.4) is 0 Å². The van der Waals surface area contributed by atoms with E-state index in [9.17, 15) is 9.59 Å². The molecule has 0 unspecified atom stereocenters. The highest BCUT2D eigenvalue weighted by Crippen LogP contribution is 2.15. The average molecular weight is 409 g/mol. The molecule has 0 radical (unpaired) electrons. The van der Waals surface area contributed by atoms with E-state index in [-0.39, 0.29) is 18.1 Å². The van der Waals surface area contributed by atoms with Gasteiger partial charge in [-0.05, 0) is 49.2 Å². The highest BCUT2D eigenvalue weighted by Gasteiger charge is 2.11. The van der Waals surface area contributed by atoms with Crippen molar-refractivity contribution in [1.29, 1.82) is 0 Å². The van der Waals surface area contributed by atoms with Crippen LogP contribution in [0.2, 0.25) is 10.0 Å². The van der Waals surface area contributed by atoms with E-state index in [2.05, 4.69) is 21.3 Å². The maximum absolute atomic E-state index is 12.1. The molecule has 2 rings (SSSR count). The number of rotatable bonds is 7. The minimum absolute atomic E-state index is 0.0735. The molecule has 0 aliphatic carbocycles. The summed E-state index contributed by atoms with van der Waals surface area (Å²) in [6.45, 7) is 2.39. The molecule has 0 aromatic heterocycles. The second-order valence-electron chi connectivity index (χ2n) is 5.89. The Morgan fingerprint density at radius 2 is 1.48 bits per heavy atom. The van der Waals surface area contributed by atoms with Crippen LogP contribution in [0.1, 0.15) is 19.8 Å². The molecular formula is C19H22Cl2N4O2. The first-order valence-corrected chi connectivity index (χ1v) is 9.35. The summed E-state index contributed by atoms with van der Waals surface area (Å²) in [5.74, 6) is 0. The molecule has 0 aliphatic heterocycles. The van der Waals surface area contributed by atoms with E-state index in [0.29, 0.717) is 34.4 Å². The van der Waals surface area contributed by atoms with Crippen molar-refractivity contribution in [2.45, 2.75) is 25.8 Å². The number of hydrogen-bond acceptors (Lipinski definition) is 2. The second-order valence-corrected chi connectivity index (χ2v) is 6.77. The predicted molar refractivity (Wildman–Crippen MR) is 111 cm³/mol. The second kappa shape index (κ2) is 10.6. The van der Waals surface area contributed by atoms with E-state index in [0.717, 1.165) is 6.42 Å². The third kappa shape index (κ3) is 7.76. The Kier molecular flexibility index (Phi) is 8.23. The normalized spacial score (nSPS) is 11.4. The summed E-state index contributed by atoms with van der Waals surface area (Å²) in [6, 6.07) is 13.1. The topological polar surface area (TPSA) is 82.3 Å². The zero-order chi connectivity index (χ0) is 19.6. The Morgan fingerprint density at radius 1 is 0.926 bits per heavy atom. The molecule has 27 heavy (non-hydrogen) atoms. The molecule has 4 amide bonds. The van der Waals surface area contributed by atoms with Gasteiger partial charge >= 0.3 is 12.1 Å². The summed E-state index contributed by atoms with van der Waals surface area (Å²) < 4.78 is 0. The number of anilines is 2. The van der Waals surface area contributed by atoms with Crippen molar-refractivity contribution in [1.82, 2.24) is 10.6 Å². The molecule has 0 saturated carbocycles. The van der Waals surface area contributed by atoms with Crippen molar-refractivity contribution in [2.24, 2.45) is 0 Å². The van der Waals surface area contributed by atoms with Gasteiger partial charge in [0.15, 0.2) is 0 Å². The molecule has 6 nitrogen and oxygen atoms in total. The summed E-state index contributed by atoms with van der Waals surface area (Å²) in [5, 5.41) is 12.2. The van der Waals surface area contributed by atoms with Crippen molar-refractivity contribution >= 4 is 46.6 Å². The quantitative estimate of drug-likeness (QED) is 0.513. The Bertz CT molecular complexity index is 786. The van der Waals surface area contributed by atoms with Crippen molar-refractivity contribution in [3.8, 4) is 0 Å². The van der Waals surface area contributed by atoms with Crippen LogP contribution in [0, 0.1) is 0 Å². The lowest BCUT2D eigenvalue weighted by Crippen LogP contribution is -2.40. The number of carbonyl (C=O) groups is 2. The van der Waals surface area contributed by atoms with E-state index in [1.54, 1.807) is 48.5 Å². The molecule has 0 saturated heterocycles. The lowest BCUT2D eigenvalue weighted by molar-refractivity contribution is 0.246. The fourth-order valence-electron chi connectivity index (χ4n) is 2.40. The van der Waals surface area contributed by atoms with E-state index in [1.807, 2.05) is 6.92 Å². The van der Waals surface area contributed by atoms with Gasteiger partial charge in [0, 0.05) is 34.0 Å². The van der Waals surface area contributed by atoms with Gasteiger partial charge in [-0.2, -0.15) is 0 Å². The van der Waals surface area contributed by atoms with Crippen LogP contribution in [-0.2, 0) is 0 Å². The van der Waals surface area contributed by atoms with Crippen molar-refractivity contribution in [2.75, 3.05) is 17.2 Å². The minimum Gasteiger partial charge on any atom is -0.338 e. The SMILES string of the molecule is CC[C@H](CCNC(=O)Nc1cccc(Cl)c1)NC(=O)Nc1cccc(Cl)c1. The van der Waals surface area contributed by atoms with E-state index < -0.39 is 0 Å². The van der Waals surface area contributed by atoms with E-state index in [4.69, 9.17) is 23.2 Å². The smallest absolute Gasteiger partial charge is 0.319 e. The third-order valence-corrected chi connectivity index (χ3v) is 4.24. The molecule has 2 aromatic rings. The molecule has 2 aromatic carbocycles. The van der Waals surface area contributed by atoms with Crippen LogP contribution in [0.15, 0.2) is 48.5 Å². The van der Waals surface area contributed by atoms with Crippen LogP contribution in [0.5, 0.6) is 0 Å². The Balaban J connectivity index is 1.72. The molecule has 0 bridgehead atoms. The molecule has 0 fully saturated rings. The molecule has 144 valence electrons. The van der Waals surface area contributed by atoms with Gasteiger partial charge < -0.3 is 21.3 Å². The molecule has 0 heterocycles. The lowest BCUT2D eigenvalue weighted by atomic mass is 10.1. The monoisotopic (exact) mass is 408 g/mol.